The summed E-state index contributed by atoms with van der Waals surface area (Å²) in [6, 6.07) is 18.9. The molecule has 32 heavy (non-hydrogen) atoms. The van der Waals surface area contributed by atoms with Crippen molar-refractivity contribution in [3.8, 4) is 0 Å². The van der Waals surface area contributed by atoms with E-state index in [9.17, 15) is 9.18 Å². The van der Waals surface area contributed by atoms with Crippen LogP contribution in [0.5, 0.6) is 0 Å². The summed E-state index contributed by atoms with van der Waals surface area (Å²) in [4.78, 5) is 22.9. The summed E-state index contributed by atoms with van der Waals surface area (Å²) in [6.45, 7) is 5.81. The van der Waals surface area contributed by atoms with Gasteiger partial charge in [-0.05, 0) is 62.7 Å². The second kappa shape index (κ2) is 9.28. The highest BCUT2D eigenvalue weighted by molar-refractivity contribution is 7.16. The number of amides is 1. The molecule has 0 bridgehead atoms. The van der Waals surface area contributed by atoms with Crippen LogP contribution < -0.4 is 10.6 Å². The van der Waals surface area contributed by atoms with Crippen LogP contribution >= 0.6 is 11.3 Å². The summed E-state index contributed by atoms with van der Waals surface area (Å²) >= 11 is 1.49. The molecule has 2 aromatic carbocycles. The number of carbonyl (C=O) groups excluding carboxylic acids is 1. The number of hydrogen-bond acceptors (Lipinski definition) is 5. The van der Waals surface area contributed by atoms with E-state index in [1.54, 1.807) is 24.3 Å². The van der Waals surface area contributed by atoms with Gasteiger partial charge in [0.2, 0.25) is 5.95 Å². The van der Waals surface area contributed by atoms with Gasteiger partial charge >= 0.3 is 0 Å². The van der Waals surface area contributed by atoms with E-state index in [4.69, 9.17) is 0 Å². The third-order valence-corrected chi connectivity index (χ3v) is 5.90. The molecule has 7 heteroatoms. The van der Waals surface area contributed by atoms with E-state index in [0.717, 1.165) is 32.4 Å². The summed E-state index contributed by atoms with van der Waals surface area (Å²) in [5.41, 5.74) is 3.97. The number of nitrogens with one attached hydrogen (secondary N) is 2. The van der Waals surface area contributed by atoms with Gasteiger partial charge in [-0.1, -0.05) is 30.3 Å². The van der Waals surface area contributed by atoms with Crippen LogP contribution in [0.15, 0.2) is 66.7 Å². The number of hydrogen-bond donors (Lipinski definition) is 2. The zero-order chi connectivity index (χ0) is 22.7. The minimum Gasteiger partial charge on any atom is -0.343 e. The van der Waals surface area contributed by atoms with Gasteiger partial charge in [-0.25, -0.2) is 14.4 Å². The van der Waals surface area contributed by atoms with Gasteiger partial charge in [-0.15, -0.1) is 11.3 Å². The molecule has 2 heterocycles. The van der Waals surface area contributed by atoms with Crippen LogP contribution in [0.1, 0.15) is 43.8 Å². The normalized spacial score (nSPS) is 11.8. The Kier molecular flexibility index (Phi) is 6.28. The first-order valence-corrected chi connectivity index (χ1v) is 11.0. The van der Waals surface area contributed by atoms with Crippen molar-refractivity contribution < 1.29 is 9.18 Å². The summed E-state index contributed by atoms with van der Waals surface area (Å²) in [5.74, 6) is -0.0236. The van der Waals surface area contributed by atoms with Gasteiger partial charge in [-0.3, -0.25) is 4.79 Å². The molecule has 0 spiro atoms. The van der Waals surface area contributed by atoms with Gasteiger partial charge in [-0.2, -0.15) is 0 Å². The van der Waals surface area contributed by atoms with Crippen LogP contribution in [0.25, 0.3) is 0 Å². The Labute approximate surface area is 190 Å². The molecular weight excluding hydrogens is 423 g/mol. The number of thiophene rings is 1. The predicted octanol–water partition coefficient (Wildman–Crippen LogP) is 6.06. The first-order chi connectivity index (χ1) is 15.4. The van der Waals surface area contributed by atoms with E-state index < -0.39 is 0 Å². The maximum absolute atomic E-state index is 13.6. The van der Waals surface area contributed by atoms with E-state index in [1.165, 1.54) is 23.5 Å². The fourth-order valence-electron chi connectivity index (χ4n) is 3.53. The average Bonchev–Trinajstić information content (AvgIpc) is 3.12. The Morgan fingerprint density at radius 1 is 0.938 bits per heavy atom. The Hall–Kier alpha value is -3.58. The topological polar surface area (TPSA) is 66.9 Å². The van der Waals surface area contributed by atoms with Crippen LogP contribution in [0.2, 0.25) is 0 Å². The van der Waals surface area contributed by atoms with E-state index >= 15 is 0 Å². The third-order valence-electron chi connectivity index (χ3n) is 4.92. The number of rotatable bonds is 6. The SMILES string of the molecule is Cc1cc(C)nc(N[C@@H](c2ccc(F)cc2)c2cc(C)sc2NC(=O)c2ccccc2)n1. The molecule has 0 radical (unpaired) electrons. The molecule has 0 aliphatic carbocycles. The van der Waals surface area contributed by atoms with Crippen molar-refractivity contribution in [2.24, 2.45) is 0 Å². The van der Waals surface area contributed by atoms with Crippen LogP contribution in [0, 0.1) is 26.6 Å². The summed E-state index contributed by atoms with van der Waals surface area (Å²) in [7, 11) is 0. The minimum absolute atomic E-state index is 0.186. The minimum atomic E-state index is -0.382. The Balaban J connectivity index is 1.74. The summed E-state index contributed by atoms with van der Waals surface area (Å²) in [6.07, 6.45) is 0. The largest absolute Gasteiger partial charge is 0.343 e. The zero-order valence-electron chi connectivity index (χ0n) is 18.0. The highest BCUT2D eigenvalue weighted by Gasteiger charge is 2.23. The predicted molar refractivity (Wildman–Crippen MR) is 127 cm³/mol. The lowest BCUT2D eigenvalue weighted by atomic mass is 10.00. The Morgan fingerprint density at radius 2 is 1.59 bits per heavy atom. The summed E-state index contributed by atoms with van der Waals surface area (Å²) < 4.78 is 13.6. The number of carbonyl (C=O) groups is 1. The fraction of sp³-hybridized carbons (Fsp3) is 0.160. The lowest BCUT2D eigenvalue weighted by molar-refractivity contribution is 0.102. The van der Waals surface area contributed by atoms with Crippen molar-refractivity contribution in [1.29, 1.82) is 0 Å². The number of benzene rings is 2. The van der Waals surface area contributed by atoms with Crippen molar-refractivity contribution in [2.45, 2.75) is 26.8 Å². The molecule has 5 nitrogen and oxygen atoms in total. The molecular formula is C25H23FN4OS. The first-order valence-electron chi connectivity index (χ1n) is 10.2. The van der Waals surface area contributed by atoms with Crippen LogP contribution in [0.4, 0.5) is 15.3 Å². The van der Waals surface area contributed by atoms with Gasteiger partial charge in [0, 0.05) is 27.4 Å². The monoisotopic (exact) mass is 446 g/mol. The molecule has 0 fully saturated rings. The van der Waals surface area contributed by atoms with Gasteiger partial charge in [0.05, 0.1) is 6.04 Å². The van der Waals surface area contributed by atoms with E-state index in [0.29, 0.717) is 11.5 Å². The van der Waals surface area contributed by atoms with Gasteiger partial charge in [0.15, 0.2) is 0 Å². The van der Waals surface area contributed by atoms with Crippen molar-refractivity contribution in [3.05, 3.63) is 106 Å². The van der Waals surface area contributed by atoms with Crippen molar-refractivity contribution in [1.82, 2.24) is 9.97 Å². The number of anilines is 2. The van der Waals surface area contributed by atoms with Crippen LogP contribution in [0.3, 0.4) is 0 Å². The molecule has 0 saturated heterocycles. The number of halogens is 1. The number of aromatic nitrogens is 2. The lowest BCUT2D eigenvalue weighted by Crippen LogP contribution is -2.18. The molecule has 2 N–H and O–H groups in total. The highest BCUT2D eigenvalue weighted by Crippen LogP contribution is 2.37. The number of nitrogens with zero attached hydrogens (tertiary/aromatic N) is 2. The van der Waals surface area contributed by atoms with Gasteiger partial charge in [0.25, 0.3) is 5.91 Å². The molecule has 1 atom stereocenters. The molecule has 4 aromatic rings. The van der Waals surface area contributed by atoms with Gasteiger partial charge in [0.1, 0.15) is 10.8 Å². The highest BCUT2D eigenvalue weighted by atomic mass is 32.1. The Morgan fingerprint density at radius 3 is 2.25 bits per heavy atom. The molecule has 2 aromatic heterocycles. The molecule has 0 aliphatic rings. The second-order valence-corrected chi connectivity index (χ2v) is 8.82. The van der Waals surface area contributed by atoms with E-state index in [-0.39, 0.29) is 17.8 Å². The zero-order valence-corrected chi connectivity index (χ0v) is 18.8. The maximum atomic E-state index is 13.6. The average molecular weight is 447 g/mol. The fourth-order valence-corrected chi connectivity index (χ4v) is 4.47. The molecule has 4 rings (SSSR count). The van der Waals surface area contributed by atoms with Crippen LogP contribution in [-0.4, -0.2) is 15.9 Å². The Bertz CT molecular complexity index is 1220. The molecule has 0 aliphatic heterocycles. The molecule has 1 amide bonds. The number of aryl methyl sites for hydroxylation is 3. The van der Waals surface area contributed by atoms with Crippen molar-refractivity contribution >= 4 is 28.2 Å². The van der Waals surface area contributed by atoms with Crippen molar-refractivity contribution in [2.75, 3.05) is 10.6 Å². The third kappa shape index (κ3) is 5.00. The summed E-state index contributed by atoms with van der Waals surface area (Å²) in [5, 5.41) is 7.16. The molecule has 0 unspecified atom stereocenters. The second-order valence-electron chi connectivity index (χ2n) is 7.56. The van der Waals surface area contributed by atoms with Crippen molar-refractivity contribution in [3.63, 3.8) is 0 Å². The standard InChI is InChI=1S/C25H23FN4OS/c1-15-13-16(2)28-25(27-15)29-22(18-9-11-20(26)12-10-18)21-14-17(3)32-24(21)30-23(31)19-7-5-4-6-8-19/h4-14,22H,1-3H3,(H,30,31)(H,27,28,29)/t22-/m0/s1. The van der Waals surface area contributed by atoms with Crippen LogP contribution in [-0.2, 0) is 0 Å². The molecule has 0 saturated carbocycles. The van der Waals surface area contributed by atoms with E-state index in [2.05, 4.69) is 20.6 Å². The quantitative estimate of drug-likeness (QED) is 0.378. The van der Waals surface area contributed by atoms with Gasteiger partial charge < -0.3 is 10.6 Å². The van der Waals surface area contributed by atoms with E-state index in [1.807, 2.05) is 51.1 Å². The lowest BCUT2D eigenvalue weighted by Gasteiger charge is -2.21. The molecule has 162 valence electrons. The smallest absolute Gasteiger partial charge is 0.256 e. The maximum Gasteiger partial charge on any atom is 0.256 e. The first kappa shape index (κ1) is 21.6.